The topological polar surface area (TPSA) is 50.4 Å². The zero-order chi connectivity index (χ0) is 12.7. The standard InChI is InChI=1S/C13H26N2O2/c1-10(9-17-3)6-13(16)15-8-12-5-4-11(2)14-7-12/h10-12,14H,4-9H2,1-3H3,(H,15,16). The molecule has 1 rings (SSSR count). The lowest BCUT2D eigenvalue weighted by molar-refractivity contribution is -0.122. The van der Waals surface area contributed by atoms with Gasteiger partial charge >= 0.3 is 0 Å². The summed E-state index contributed by atoms with van der Waals surface area (Å²) in [4.78, 5) is 11.6. The number of rotatable bonds is 6. The SMILES string of the molecule is COCC(C)CC(=O)NCC1CCC(C)NC1. The molecule has 17 heavy (non-hydrogen) atoms. The minimum atomic E-state index is 0.146. The van der Waals surface area contributed by atoms with Gasteiger partial charge in [0.2, 0.25) is 5.91 Å². The lowest BCUT2D eigenvalue weighted by Gasteiger charge is -2.27. The smallest absolute Gasteiger partial charge is 0.220 e. The molecule has 2 N–H and O–H groups in total. The van der Waals surface area contributed by atoms with Crippen molar-refractivity contribution in [3.63, 3.8) is 0 Å². The van der Waals surface area contributed by atoms with E-state index in [0.29, 0.717) is 30.9 Å². The van der Waals surface area contributed by atoms with Crippen LogP contribution in [-0.2, 0) is 9.53 Å². The lowest BCUT2D eigenvalue weighted by atomic mass is 9.95. The van der Waals surface area contributed by atoms with E-state index in [4.69, 9.17) is 4.74 Å². The van der Waals surface area contributed by atoms with E-state index in [1.807, 2.05) is 6.92 Å². The number of carbonyl (C=O) groups is 1. The highest BCUT2D eigenvalue weighted by Gasteiger charge is 2.18. The van der Waals surface area contributed by atoms with Crippen molar-refractivity contribution < 1.29 is 9.53 Å². The van der Waals surface area contributed by atoms with Crippen molar-refractivity contribution >= 4 is 5.91 Å². The zero-order valence-corrected chi connectivity index (χ0v) is 11.3. The first-order valence-corrected chi connectivity index (χ1v) is 6.60. The molecule has 3 unspecified atom stereocenters. The van der Waals surface area contributed by atoms with Gasteiger partial charge in [0.05, 0.1) is 0 Å². The van der Waals surface area contributed by atoms with E-state index in [-0.39, 0.29) is 5.91 Å². The van der Waals surface area contributed by atoms with Gasteiger partial charge in [-0.1, -0.05) is 6.92 Å². The highest BCUT2D eigenvalue weighted by atomic mass is 16.5. The molecule has 1 saturated heterocycles. The van der Waals surface area contributed by atoms with Crippen LogP contribution in [0.2, 0.25) is 0 Å². The number of amides is 1. The predicted octanol–water partition coefficient (Wildman–Crippen LogP) is 1.16. The van der Waals surface area contributed by atoms with Crippen LogP contribution >= 0.6 is 0 Å². The first kappa shape index (κ1) is 14.5. The van der Waals surface area contributed by atoms with Crippen LogP contribution in [0.25, 0.3) is 0 Å². The van der Waals surface area contributed by atoms with Crippen LogP contribution in [0.3, 0.4) is 0 Å². The Bertz CT molecular complexity index is 225. The first-order chi connectivity index (χ1) is 8.11. The molecule has 100 valence electrons. The van der Waals surface area contributed by atoms with Crippen LogP contribution in [0.5, 0.6) is 0 Å². The quantitative estimate of drug-likeness (QED) is 0.735. The van der Waals surface area contributed by atoms with Gasteiger partial charge in [0.25, 0.3) is 0 Å². The molecule has 0 saturated carbocycles. The van der Waals surface area contributed by atoms with Crippen molar-refractivity contribution in [3.05, 3.63) is 0 Å². The van der Waals surface area contributed by atoms with Gasteiger partial charge in [-0.3, -0.25) is 4.79 Å². The number of hydrogen-bond acceptors (Lipinski definition) is 3. The van der Waals surface area contributed by atoms with Gasteiger partial charge in [-0.05, 0) is 38.1 Å². The molecule has 4 nitrogen and oxygen atoms in total. The number of carbonyl (C=O) groups excluding carboxylic acids is 1. The molecule has 0 spiro atoms. The first-order valence-electron chi connectivity index (χ1n) is 6.60. The normalized spacial score (nSPS) is 26.5. The van der Waals surface area contributed by atoms with Crippen molar-refractivity contribution in [2.24, 2.45) is 11.8 Å². The van der Waals surface area contributed by atoms with Crippen LogP contribution in [0.4, 0.5) is 0 Å². The number of nitrogens with one attached hydrogen (secondary N) is 2. The van der Waals surface area contributed by atoms with Crippen molar-refractivity contribution in [3.8, 4) is 0 Å². The van der Waals surface area contributed by atoms with Crippen molar-refractivity contribution in [2.45, 2.75) is 39.2 Å². The van der Waals surface area contributed by atoms with E-state index >= 15 is 0 Å². The number of piperidine rings is 1. The molecule has 4 heteroatoms. The van der Waals surface area contributed by atoms with Gasteiger partial charge in [-0.25, -0.2) is 0 Å². The Morgan fingerprint density at radius 1 is 1.53 bits per heavy atom. The number of ether oxygens (including phenoxy) is 1. The Hall–Kier alpha value is -0.610. The summed E-state index contributed by atoms with van der Waals surface area (Å²) in [7, 11) is 1.67. The fraction of sp³-hybridized carbons (Fsp3) is 0.923. The van der Waals surface area contributed by atoms with Crippen LogP contribution < -0.4 is 10.6 Å². The minimum absolute atomic E-state index is 0.146. The number of hydrogen-bond donors (Lipinski definition) is 2. The van der Waals surface area contributed by atoms with E-state index in [2.05, 4.69) is 17.6 Å². The van der Waals surface area contributed by atoms with Crippen LogP contribution in [-0.4, -0.2) is 38.8 Å². The van der Waals surface area contributed by atoms with Gasteiger partial charge in [0.1, 0.15) is 0 Å². The third-order valence-electron chi connectivity index (χ3n) is 3.34. The molecule has 0 aromatic carbocycles. The van der Waals surface area contributed by atoms with Crippen LogP contribution in [0, 0.1) is 11.8 Å². The van der Waals surface area contributed by atoms with E-state index in [0.717, 1.165) is 13.1 Å². The lowest BCUT2D eigenvalue weighted by Crippen LogP contribution is -2.42. The predicted molar refractivity (Wildman–Crippen MR) is 68.9 cm³/mol. The maximum atomic E-state index is 11.6. The molecule has 0 aromatic heterocycles. The summed E-state index contributed by atoms with van der Waals surface area (Å²) < 4.78 is 5.02. The van der Waals surface area contributed by atoms with Gasteiger partial charge < -0.3 is 15.4 Å². The van der Waals surface area contributed by atoms with E-state index in [1.165, 1.54) is 12.8 Å². The highest BCUT2D eigenvalue weighted by molar-refractivity contribution is 5.76. The summed E-state index contributed by atoms with van der Waals surface area (Å²) in [5.41, 5.74) is 0. The second-order valence-corrected chi connectivity index (χ2v) is 5.32. The Morgan fingerprint density at radius 3 is 2.88 bits per heavy atom. The fourth-order valence-corrected chi connectivity index (χ4v) is 2.22. The van der Waals surface area contributed by atoms with E-state index in [1.54, 1.807) is 7.11 Å². The molecule has 1 aliphatic heterocycles. The van der Waals surface area contributed by atoms with Crippen molar-refractivity contribution in [1.82, 2.24) is 10.6 Å². The summed E-state index contributed by atoms with van der Waals surface area (Å²) in [6, 6.07) is 0.628. The van der Waals surface area contributed by atoms with Crippen molar-refractivity contribution in [1.29, 1.82) is 0 Å². The summed E-state index contributed by atoms with van der Waals surface area (Å²) in [6.07, 6.45) is 2.98. The van der Waals surface area contributed by atoms with Crippen LogP contribution in [0.15, 0.2) is 0 Å². The summed E-state index contributed by atoms with van der Waals surface area (Å²) in [5.74, 6) is 1.03. The average Bonchev–Trinajstić information content (AvgIpc) is 2.28. The van der Waals surface area contributed by atoms with E-state index in [9.17, 15) is 4.79 Å². The Morgan fingerprint density at radius 2 is 2.29 bits per heavy atom. The molecule has 0 bridgehead atoms. The van der Waals surface area contributed by atoms with Crippen molar-refractivity contribution in [2.75, 3.05) is 26.8 Å². The monoisotopic (exact) mass is 242 g/mol. The summed E-state index contributed by atoms with van der Waals surface area (Å²) in [6.45, 7) is 6.72. The maximum absolute atomic E-state index is 11.6. The third kappa shape index (κ3) is 6.03. The third-order valence-corrected chi connectivity index (χ3v) is 3.34. The molecule has 1 fully saturated rings. The summed E-state index contributed by atoms with van der Waals surface area (Å²) in [5, 5.41) is 6.47. The molecule has 0 radical (unpaired) electrons. The largest absolute Gasteiger partial charge is 0.384 e. The highest BCUT2D eigenvalue weighted by Crippen LogP contribution is 2.13. The molecule has 0 aromatic rings. The molecular weight excluding hydrogens is 216 g/mol. The fourth-order valence-electron chi connectivity index (χ4n) is 2.22. The van der Waals surface area contributed by atoms with Crippen LogP contribution in [0.1, 0.15) is 33.1 Å². The Kier molecular flexibility index (Phi) is 6.52. The van der Waals surface area contributed by atoms with E-state index < -0.39 is 0 Å². The van der Waals surface area contributed by atoms with Gasteiger partial charge in [0, 0.05) is 32.7 Å². The van der Waals surface area contributed by atoms with Gasteiger partial charge in [-0.15, -0.1) is 0 Å². The molecule has 1 heterocycles. The number of methoxy groups -OCH3 is 1. The molecule has 1 amide bonds. The zero-order valence-electron chi connectivity index (χ0n) is 11.3. The second-order valence-electron chi connectivity index (χ2n) is 5.32. The van der Waals surface area contributed by atoms with Gasteiger partial charge in [0.15, 0.2) is 0 Å². The average molecular weight is 242 g/mol. The van der Waals surface area contributed by atoms with Gasteiger partial charge in [-0.2, -0.15) is 0 Å². The molecular formula is C13H26N2O2. The molecule has 1 aliphatic rings. The summed E-state index contributed by atoms with van der Waals surface area (Å²) >= 11 is 0. The molecule has 0 aliphatic carbocycles. The minimum Gasteiger partial charge on any atom is -0.384 e. The Balaban J connectivity index is 2.11. The Labute approximate surface area is 104 Å². The maximum Gasteiger partial charge on any atom is 0.220 e. The second kappa shape index (κ2) is 7.67. The molecule has 3 atom stereocenters.